The fourth-order valence-corrected chi connectivity index (χ4v) is 6.76. The lowest BCUT2D eigenvalue weighted by Gasteiger charge is -2.26. The van der Waals surface area contributed by atoms with Crippen LogP contribution in [0.3, 0.4) is 0 Å². The van der Waals surface area contributed by atoms with E-state index < -0.39 is 0 Å². The van der Waals surface area contributed by atoms with E-state index in [1.807, 2.05) is 146 Å². The monoisotopic (exact) mass is 786 g/mol. The zero-order valence-electron chi connectivity index (χ0n) is 33.7. The highest BCUT2D eigenvalue weighted by atomic mass is 16.5. The molecule has 0 aliphatic rings. The second-order valence-electron chi connectivity index (χ2n) is 13.6. The lowest BCUT2D eigenvalue weighted by Crippen LogP contribution is -2.09. The summed E-state index contributed by atoms with van der Waals surface area (Å²) in [7, 11) is 6.61. The largest absolute Gasteiger partial charge is 0.497 e. The maximum atomic E-state index is 10.2. The molecule has 0 atom stereocenters. The third kappa shape index (κ3) is 9.16. The normalized spacial score (nSPS) is 10.8. The Morgan fingerprint density at radius 1 is 0.350 bits per heavy atom. The second kappa shape index (κ2) is 18.8. The molecule has 0 bridgehead atoms. The molecule has 0 amide bonds. The number of rotatable bonds is 14. The molecule has 0 spiro atoms. The van der Waals surface area contributed by atoms with Crippen molar-refractivity contribution in [3.8, 4) is 35.1 Å². The van der Waals surface area contributed by atoms with Gasteiger partial charge in [-0.2, -0.15) is 10.5 Å². The Morgan fingerprint density at radius 3 is 0.800 bits per heavy atom. The average Bonchev–Trinajstić information content (AvgIpc) is 3.32. The van der Waals surface area contributed by atoms with Crippen LogP contribution < -0.4 is 28.7 Å². The zero-order valence-corrected chi connectivity index (χ0v) is 33.7. The van der Waals surface area contributed by atoms with E-state index in [2.05, 4.69) is 46.2 Å². The van der Waals surface area contributed by atoms with Gasteiger partial charge in [0.15, 0.2) is 0 Å². The molecule has 7 aromatic rings. The first-order valence-corrected chi connectivity index (χ1v) is 19.1. The molecule has 0 aromatic heterocycles. The molecular formula is C52H42N4O4. The Kier molecular flexibility index (Phi) is 12.6. The minimum absolute atomic E-state index is 0.469. The smallest absolute Gasteiger partial charge is 0.119 e. The summed E-state index contributed by atoms with van der Waals surface area (Å²) >= 11 is 0. The highest BCUT2D eigenvalue weighted by Gasteiger charge is 2.15. The van der Waals surface area contributed by atoms with Gasteiger partial charge in [-0.25, -0.2) is 0 Å². The van der Waals surface area contributed by atoms with Crippen molar-refractivity contribution in [1.29, 1.82) is 10.5 Å². The Balaban J connectivity index is 1.11. The molecule has 7 rings (SSSR count). The molecule has 0 aliphatic carbocycles. The van der Waals surface area contributed by atoms with Gasteiger partial charge in [0.2, 0.25) is 0 Å². The molecule has 0 N–H and O–H groups in total. The van der Waals surface area contributed by atoms with Crippen molar-refractivity contribution in [2.75, 3.05) is 38.2 Å². The summed E-state index contributed by atoms with van der Waals surface area (Å²) in [5.74, 6) is 3.11. The van der Waals surface area contributed by atoms with Gasteiger partial charge in [-0.15, -0.1) is 0 Å². The van der Waals surface area contributed by atoms with Crippen molar-refractivity contribution < 1.29 is 18.9 Å². The molecule has 0 saturated heterocycles. The van der Waals surface area contributed by atoms with E-state index in [0.717, 1.165) is 68.2 Å². The minimum atomic E-state index is 0.469. The number of hydrogen-bond acceptors (Lipinski definition) is 8. The number of benzene rings is 7. The van der Waals surface area contributed by atoms with Crippen LogP contribution in [0.1, 0.15) is 33.4 Å². The van der Waals surface area contributed by atoms with Gasteiger partial charge in [-0.3, -0.25) is 0 Å². The summed E-state index contributed by atoms with van der Waals surface area (Å²) in [6.07, 6.45) is 7.65. The van der Waals surface area contributed by atoms with Gasteiger partial charge < -0.3 is 28.7 Å². The van der Waals surface area contributed by atoms with E-state index in [-0.39, 0.29) is 0 Å². The first-order chi connectivity index (χ1) is 29.4. The van der Waals surface area contributed by atoms with Crippen molar-refractivity contribution in [1.82, 2.24) is 0 Å². The first kappa shape index (κ1) is 40.0. The van der Waals surface area contributed by atoms with Gasteiger partial charge in [-0.05, 0) is 156 Å². The molecule has 7 aromatic carbocycles. The highest BCUT2D eigenvalue weighted by Crippen LogP contribution is 2.38. The van der Waals surface area contributed by atoms with E-state index in [1.165, 1.54) is 0 Å². The molecule has 0 aliphatic heterocycles. The van der Waals surface area contributed by atoms with Crippen LogP contribution in [0.4, 0.5) is 34.1 Å². The van der Waals surface area contributed by atoms with Crippen LogP contribution in [0.15, 0.2) is 158 Å². The second-order valence-corrected chi connectivity index (χ2v) is 13.6. The third-order valence-corrected chi connectivity index (χ3v) is 10.00. The molecular weight excluding hydrogens is 745 g/mol. The lowest BCUT2D eigenvalue weighted by molar-refractivity contribution is 0.414. The molecule has 0 unspecified atom stereocenters. The first-order valence-electron chi connectivity index (χ1n) is 19.1. The third-order valence-electron chi connectivity index (χ3n) is 10.00. The molecule has 8 nitrogen and oxygen atoms in total. The number of nitrogens with zero attached hydrogens (tertiary/aromatic N) is 4. The van der Waals surface area contributed by atoms with Gasteiger partial charge in [0.05, 0.1) is 51.7 Å². The summed E-state index contributed by atoms with van der Waals surface area (Å²) in [6, 6.07) is 56.1. The number of hydrogen-bond donors (Lipinski definition) is 0. The van der Waals surface area contributed by atoms with Crippen molar-refractivity contribution in [3.63, 3.8) is 0 Å². The summed E-state index contributed by atoms with van der Waals surface area (Å²) in [5.41, 5.74) is 9.95. The van der Waals surface area contributed by atoms with Crippen molar-refractivity contribution in [2.45, 2.75) is 0 Å². The van der Waals surface area contributed by atoms with E-state index in [9.17, 15) is 10.5 Å². The fourth-order valence-electron chi connectivity index (χ4n) is 6.76. The fraction of sp³-hybridized carbons (Fsp3) is 0.0769. The maximum absolute atomic E-state index is 10.2. The van der Waals surface area contributed by atoms with Crippen LogP contribution in [0.2, 0.25) is 0 Å². The molecule has 8 heteroatoms. The lowest BCUT2D eigenvalue weighted by atomic mass is 9.97. The Labute approximate surface area is 351 Å². The number of anilines is 6. The van der Waals surface area contributed by atoms with Gasteiger partial charge in [0.25, 0.3) is 0 Å². The molecule has 0 saturated carbocycles. The van der Waals surface area contributed by atoms with Crippen LogP contribution in [0.25, 0.3) is 24.3 Å². The molecule has 0 radical (unpaired) electrons. The van der Waals surface area contributed by atoms with Crippen molar-refractivity contribution >= 4 is 58.4 Å². The Morgan fingerprint density at radius 2 is 0.583 bits per heavy atom. The quantitative estimate of drug-likeness (QED) is 0.101. The van der Waals surface area contributed by atoms with E-state index in [0.29, 0.717) is 22.3 Å². The molecule has 0 fully saturated rings. The molecule has 0 heterocycles. The van der Waals surface area contributed by atoms with Crippen molar-refractivity contribution in [2.24, 2.45) is 0 Å². The van der Waals surface area contributed by atoms with Crippen LogP contribution in [0.5, 0.6) is 23.0 Å². The number of nitriles is 2. The van der Waals surface area contributed by atoms with Crippen molar-refractivity contribution in [3.05, 3.63) is 191 Å². The minimum Gasteiger partial charge on any atom is -0.497 e. The summed E-state index contributed by atoms with van der Waals surface area (Å²) < 4.78 is 21.6. The predicted molar refractivity (Wildman–Crippen MR) is 242 cm³/mol. The zero-order chi connectivity index (χ0) is 41.8. The molecule has 60 heavy (non-hydrogen) atoms. The Hall–Kier alpha value is -8.20. The Bertz CT molecular complexity index is 2390. The van der Waals surface area contributed by atoms with Crippen LogP contribution in [-0.4, -0.2) is 28.4 Å². The SMILES string of the molecule is COc1ccc(N(c2ccc(/C=C\c3cc(C#N)c(/C=C\c4ccc(N(c5ccc(OC)cc5)c5ccc(OC)cc5)cc4)cc3C#N)cc2)c2ccc(OC)cc2)cc1. The maximum Gasteiger partial charge on any atom is 0.119 e. The topological polar surface area (TPSA) is 91.0 Å². The molecule has 294 valence electrons. The number of ether oxygens (including phenoxy) is 4. The standard InChI is InChI=1S/C52H42N4O4/c1-57-49-25-17-45(18-26-49)55(46-19-27-50(58-2)28-20-46)43-13-7-37(8-14-43)5-11-39-33-42(36-54)40(34-41(39)35-53)12-6-38-9-15-44(16-10-38)56(47-21-29-51(59-3)30-22-47)48-23-31-52(60-4)32-24-48/h5-34H,1-4H3/b11-5-,12-6-. The van der Waals surface area contributed by atoms with E-state index in [4.69, 9.17) is 18.9 Å². The van der Waals surface area contributed by atoms with Crippen LogP contribution >= 0.6 is 0 Å². The van der Waals surface area contributed by atoms with Crippen LogP contribution in [-0.2, 0) is 0 Å². The van der Waals surface area contributed by atoms with E-state index >= 15 is 0 Å². The van der Waals surface area contributed by atoms with Gasteiger partial charge in [0, 0.05) is 34.1 Å². The van der Waals surface area contributed by atoms with E-state index in [1.54, 1.807) is 40.6 Å². The summed E-state index contributed by atoms with van der Waals surface area (Å²) in [5, 5.41) is 20.3. The summed E-state index contributed by atoms with van der Waals surface area (Å²) in [6.45, 7) is 0. The van der Waals surface area contributed by atoms with Gasteiger partial charge in [-0.1, -0.05) is 48.6 Å². The number of methoxy groups -OCH3 is 4. The van der Waals surface area contributed by atoms with Gasteiger partial charge in [0.1, 0.15) is 23.0 Å². The van der Waals surface area contributed by atoms with Gasteiger partial charge >= 0.3 is 0 Å². The predicted octanol–water partition coefficient (Wildman–Crippen LogP) is 12.7. The highest BCUT2D eigenvalue weighted by molar-refractivity contribution is 5.82. The van der Waals surface area contributed by atoms with Crippen LogP contribution in [0, 0.1) is 22.7 Å². The summed E-state index contributed by atoms with van der Waals surface area (Å²) in [4.78, 5) is 4.31. The average molecular weight is 787 g/mol.